The zero-order valence-corrected chi connectivity index (χ0v) is 12.8. The number of rotatable bonds is 3. The second kappa shape index (κ2) is 6.23. The van der Waals surface area contributed by atoms with E-state index >= 15 is 0 Å². The first kappa shape index (κ1) is 14.8. The van der Waals surface area contributed by atoms with Crippen molar-refractivity contribution >= 4 is 39.1 Å². The highest BCUT2D eigenvalue weighted by molar-refractivity contribution is 9.10. The summed E-state index contributed by atoms with van der Waals surface area (Å²) in [6, 6.07) is 9.61. The quantitative estimate of drug-likeness (QED) is 0.797. The van der Waals surface area contributed by atoms with Crippen LogP contribution in [0.15, 0.2) is 40.9 Å². The van der Waals surface area contributed by atoms with Crippen LogP contribution >= 0.6 is 39.1 Å². The summed E-state index contributed by atoms with van der Waals surface area (Å²) < 4.78 is 14.4. The molecule has 0 amide bonds. The molecule has 2 rings (SSSR count). The maximum atomic E-state index is 13.6. The molecule has 1 unspecified atom stereocenters. The van der Waals surface area contributed by atoms with E-state index in [1.54, 1.807) is 30.3 Å². The van der Waals surface area contributed by atoms with Gasteiger partial charge in [-0.05, 0) is 29.8 Å². The van der Waals surface area contributed by atoms with Gasteiger partial charge in [0.1, 0.15) is 5.82 Å². The molecule has 0 heterocycles. The largest absolute Gasteiger partial charge is 0.388 e. The Labute approximate surface area is 129 Å². The first-order valence-corrected chi connectivity index (χ1v) is 7.10. The normalized spacial score (nSPS) is 12.5. The van der Waals surface area contributed by atoms with Crippen molar-refractivity contribution in [2.24, 2.45) is 0 Å². The van der Waals surface area contributed by atoms with Crippen LogP contribution in [0.1, 0.15) is 17.2 Å². The third kappa shape index (κ3) is 3.48. The van der Waals surface area contributed by atoms with Crippen LogP contribution in [0.3, 0.4) is 0 Å². The van der Waals surface area contributed by atoms with Crippen LogP contribution in [0.4, 0.5) is 4.39 Å². The van der Waals surface area contributed by atoms with Gasteiger partial charge in [-0.25, -0.2) is 4.39 Å². The molecule has 1 nitrogen and oxygen atoms in total. The number of benzene rings is 2. The Morgan fingerprint density at radius 1 is 1.21 bits per heavy atom. The Morgan fingerprint density at radius 2 is 1.95 bits per heavy atom. The lowest BCUT2D eigenvalue weighted by atomic mass is 10.0. The third-order valence-electron chi connectivity index (χ3n) is 2.76. The summed E-state index contributed by atoms with van der Waals surface area (Å²) in [4.78, 5) is 0. The molecule has 0 aliphatic carbocycles. The molecule has 0 fully saturated rings. The van der Waals surface area contributed by atoms with Crippen molar-refractivity contribution in [3.8, 4) is 0 Å². The fourth-order valence-electron chi connectivity index (χ4n) is 1.80. The summed E-state index contributed by atoms with van der Waals surface area (Å²) in [5.41, 5.74) is 0.909. The van der Waals surface area contributed by atoms with E-state index < -0.39 is 6.10 Å². The minimum Gasteiger partial charge on any atom is -0.388 e. The van der Waals surface area contributed by atoms with Crippen LogP contribution in [0.5, 0.6) is 0 Å². The van der Waals surface area contributed by atoms with E-state index in [9.17, 15) is 9.50 Å². The second-order valence-corrected chi connectivity index (χ2v) is 5.80. The van der Waals surface area contributed by atoms with E-state index in [4.69, 9.17) is 23.2 Å². The lowest BCUT2D eigenvalue weighted by molar-refractivity contribution is 0.177. The average molecular weight is 364 g/mol. The molecule has 1 N–H and O–H groups in total. The fourth-order valence-corrected chi connectivity index (χ4v) is 2.64. The lowest BCUT2D eigenvalue weighted by Gasteiger charge is -2.14. The molecule has 0 saturated heterocycles. The van der Waals surface area contributed by atoms with Crippen molar-refractivity contribution in [2.75, 3.05) is 0 Å². The van der Waals surface area contributed by atoms with Crippen molar-refractivity contribution in [2.45, 2.75) is 12.5 Å². The molecule has 2 aromatic rings. The van der Waals surface area contributed by atoms with Crippen LogP contribution in [0.25, 0.3) is 0 Å². The number of aliphatic hydroxyl groups is 1. The Balaban J connectivity index is 2.28. The highest BCUT2D eigenvalue weighted by Gasteiger charge is 2.16. The van der Waals surface area contributed by atoms with Gasteiger partial charge in [0, 0.05) is 16.5 Å². The van der Waals surface area contributed by atoms with Crippen LogP contribution in [-0.2, 0) is 6.42 Å². The molecule has 19 heavy (non-hydrogen) atoms. The zero-order valence-electron chi connectivity index (χ0n) is 9.71. The minimum absolute atomic E-state index is 0.130. The Kier molecular flexibility index (Phi) is 4.85. The van der Waals surface area contributed by atoms with E-state index in [1.807, 2.05) is 0 Å². The van der Waals surface area contributed by atoms with Gasteiger partial charge in [-0.3, -0.25) is 0 Å². The van der Waals surface area contributed by atoms with Gasteiger partial charge in [0.15, 0.2) is 0 Å². The van der Waals surface area contributed by atoms with Gasteiger partial charge in [0.25, 0.3) is 0 Å². The number of hydrogen-bond donors (Lipinski definition) is 1. The van der Waals surface area contributed by atoms with Gasteiger partial charge in [-0.2, -0.15) is 0 Å². The SMILES string of the molecule is OC(Cc1cc(Br)ccc1F)c1cccc(Cl)c1Cl. The molecule has 1 atom stereocenters. The molecule has 0 spiro atoms. The monoisotopic (exact) mass is 362 g/mol. The zero-order chi connectivity index (χ0) is 14.0. The van der Waals surface area contributed by atoms with Crippen LogP contribution < -0.4 is 0 Å². The molecule has 2 aromatic carbocycles. The molecular weight excluding hydrogens is 354 g/mol. The summed E-state index contributed by atoms with van der Waals surface area (Å²) >= 11 is 15.2. The smallest absolute Gasteiger partial charge is 0.126 e. The number of halogens is 4. The van der Waals surface area contributed by atoms with Gasteiger partial charge in [0.05, 0.1) is 16.1 Å². The maximum Gasteiger partial charge on any atom is 0.126 e. The van der Waals surface area contributed by atoms with Crippen molar-refractivity contribution in [1.82, 2.24) is 0 Å². The second-order valence-electron chi connectivity index (χ2n) is 4.10. The topological polar surface area (TPSA) is 20.2 Å². The maximum absolute atomic E-state index is 13.6. The highest BCUT2D eigenvalue weighted by atomic mass is 79.9. The molecule has 100 valence electrons. The van der Waals surface area contributed by atoms with Crippen LogP contribution in [-0.4, -0.2) is 5.11 Å². The Bertz CT molecular complexity index is 604. The van der Waals surface area contributed by atoms with E-state index in [2.05, 4.69) is 15.9 Å². The van der Waals surface area contributed by atoms with Crippen molar-refractivity contribution in [3.05, 3.63) is 67.9 Å². The lowest BCUT2D eigenvalue weighted by Crippen LogP contribution is -2.04. The molecular formula is C14H10BrCl2FO. The van der Waals surface area contributed by atoms with E-state index in [1.165, 1.54) is 6.07 Å². The molecule has 0 aliphatic rings. The van der Waals surface area contributed by atoms with Crippen molar-refractivity contribution < 1.29 is 9.50 Å². The fraction of sp³-hybridized carbons (Fsp3) is 0.143. The number of aliphatic hydroxyl groups excluding tert-OH is 1. The van der Waals surface area contributed by atoms with Gasteiger partial charge in [0.2, 0.25) is 0 Å². The molecule has 5 heteroatoms. The van der Waals surface area contributed by atoms with Crippen molar-refractivity contribution in [3.63, 3.8) is 0 Å². The average Bonchev–Trinajstić information content (AvgIpc) is 2.37. The summed E-state index contributed by atoms with van der Waals surface area (Å²) in [5, 5.41) is 10.8. The van der Waals surface area contributed by atoms with E-state index in [0.717, 1.165) is 4.47 Å². The molecule has 0 aliphatic heterocycles. The summed E-state index contributed by atoms with van der Waals surface area (Å²) in [7, 11) is 0. The first-order valence-electron chi connectivity index (χ1n) is 5.55. The van der Waals surface area contributed by atoms with Gasteiger partial charge in [-0.1, -0.05) is 51.3 Å². The van der Waals surface area contributed by atoms with Gasteiger partial charge < -0.3 is 5.11 Å². The molecule has 0 saturated carbocycles. The highest BCUT2D eigenvalue weighted by Crippen LogP contribution is 2.32. The Morgan fingerprint density at radius 3 is 2.68 bits per heavy atom. The van der Waals surface area contributed by atoms with Gasteiger partial charge >= 0.3 is 0 Å². The predicted molar refractivity (Wildman–Crippen MR) is 79.2 cm³/mol. The van der Waals surface area contributed by atoms with Crippen LogP contribution in [0, 0.1) is 5.82 Å². The number of hydrogen-bond acceptors (Lipinski definition) is 1. The summed E-state index contributed by atoms with van der Waals surface area (Å²) in [6.07, 6.45) is -0.777. The summed E-state index contributed by atoms with van der Waals surface area (Å²) in [6.45, 7) is 0. The Hall–Kier alpha value is -0.610. The third-order valence-corrected chi connectivity index (χ3v) is 4.09. The standard InChI is InChI=1S/C14H10BrCl2FO/c15-9-4-5-12(18)8(6-9)7-13(19)10-2-1-3-11(16)14(10)17/h1-6,13,19H,7H2. The molecule has 0 radical (unpaired) electrons. The summed E-state index contributed by atoms with van der Waals surface area (Å²) in [5.74, 6) is -0.361. The predicted octanol–water partition coefficient (Wildman–Crippen LogP) is 5.17. The minimum atomic E-state index is -0.907. The molecule has 0 bridgehead atoms. The van der Waals surface area contributed by atoms with Gasteiger partial charge in [-0.15, -0.1) is 0 Å². The first-order chi connectivity index (χ1) is 8.99. The van der Waals surface area contributed by atoms with Crippen molar-refractivity contribution in [1.29, 1.82) is 0 Å². The molecule has 0 aromatic heterocycles. The van der Waals surface area contributed by atoms with Crippen LogP contribution in [0.2, 0.25) is 10.0 Å². The van der Waals surface area contributed by atoms with E-state index in [-0.39, 0.29) is 12.2 Å². The van der Waals surface area contributed by atoms with E-state index in [0.29, 0.717) is 21.2 Å².